The van der Waals surface area contributed by atoms with Crippen molar-refractivity contribution in [3.8, 4) is 17.1 Å². The van der Waals surface area contributed by atoms with Crippen LogP contribution in [0.4, 0.5) is 0 Å². The Bertz CT molecular complexity index is 889. The highest BCUT2D eigenvalue weighted by molar-refractivity contribution is 6.35. The second-order valence-corrected chi connectivity index (χ2v) is 6.13. The van der Waals surface area contributed by atoms with Crippen LogP contribution in [0.25, 0.3) is 11.3 Å². The summed E-state index contributed by atoms with van der Waals surface area (Å²) in [7, 11) is 1.60. The number of halogens is 2. The van der Waals surface area contributed by atoms with E-state index in [4.69, 9.17) is 32.5 Å². The van der Waals surface area contributed by atoms with Gasteiger partial charge in [-0.25, -0.2) is 0 Å². The lowest BCUT2D eigenvalue weighted by Crippen LogP contribution is -2.22. The average molecular weight is 377 g/mol. The standard InChI is InChI=1S/C18H14Cl2N2O3/c1-24-16-4-2-3-11(7-16)17-9-15(22-25-17)10-21-18(23)12-5-13(19)8-14(20)6-12/h2-9H,10H2,1H3,(H,21,23). The monoisotopic (exact) mass is 376 g/mol. The van der Waals surface area contributed by atoms with E-state index >= 15 is 0 Å². The van der Waals surface area contributed by atoms with Gasteiger partial charge in [-0.3, -0.25) is 4.79 Å². The van der Waals surface area contributed by atoms with E-state index in [1.54, 1.807) is 31.4 Å². The summed E-state index contributed by atoms with van der Waals surface area (Å²) in [6.07, 6.45) is 0. The highest BCUT2D eigenvalue weighted by Gasteiger charge is 2.11. The van der Waals surface area contributed by atoms with Gasteiger partial charge < -0.3 is 14.6 Å². The zero-order chi connectivity index (χ0) is 17.8. The Hall–Kier alpha value is -2.50. The molecular weight excluding hydrogens is 363 g/mol. The summed E-state index contributed by atoms with van der Waals surface area (Å²) in [5, 5.41) is 7.52. The lowest BCUT2D eigenvalue weighted by atomic mass is 10.1. The quantitative estimate of drug-likeness (QED) is 0.707. The van der Waals surface area contributed by atoms with Crippen LogP contribution >= 0.6 is 23.2 Å². The summed E-state index contributed by atoms with van der Waals surface area (Å²) in [5.41, 5.74) is 1.82. The summed E-state index contributed by atoms with van der Waals surface area (Å²) in [4.78, 5) is 12.2. The van der Waals surface area contributed by atoms with Crippen LogP contribution in [0, 0.1) is 0 Å². The normalized spacial score (nSPS) is 10.5. The largest absolute Gasteiger partial charge is 0.497 e. The number of nitrogens with zero attached hydrogens (tertiary/aromatic N) is 1. The van der Waals surface area contributed by atoms with Crippen LogP contribution in [0.5, 0.6) is 5.75 Å². The number of nitrogens with one attached hydrogen (secondary N) is 1. The Morgan fingerprint density at radius 2 is 1.92 bits per heavy atom. The van der Waals surface area contributed by atoms with Crippen LogP contribution in [0.3, 0.4) is 0 Å². The number of hydrogen-bond donors (Lipinski definition) is 1. The Morgan fingerprint density at radius 1 is 1.16 bits per heavy atom. The Labute approximate surface area is 154 Å². The number of carbonyl (C=O) groups excluding carboxylic acids is 1. The zero-order valence-electron chi connectivity index (χ0n) is 13.3. The topological polar surface area (TPSA) is 64.4 Å². The highest BCUT2D eigenvalue weighted by atomic mass is 35.5. The van der Waals surface area contributed by atoms with Gasteiger partial charge in [-0.05, 0) is 30.3 Å². The molecule has 0 aliphatic carbocycles. The fourth-order valence-corrected chi connectivity index (χ4v) is 2.79. The number of amides is 1. The third kappa shape index (κ3) is 4.32. The molecule has 1 aromatic heterocycles. The molecule has 0 aliphatic heterocycles. The minimum absolute atomic E-state index is 0.219. The first-order valence-electron chi connectivity index (χ1n) is 7.39. The van der Waals surface area contributed by atoms with Gasteiger partial charge in [-0.1, -0.05) is 40.5 Å². The van der Waals surface area contributed by atoms with Crippen molar-refractivity contribution in [2.24, 2.45) is 0 Å². The number of methoxy groups -OCH3 is 1. The minimum atomic E-state index is -0.296. The molecule has 7 heteroatoms. The number of hydrogen-bond acceptors (Lipinski definition) is 4. The van der Waals surface area contributed by atoms with Gasteiger partial charge in [0.25, 0.3) is 5.91 Å². The Balaban J connectivity index is 1.68. The molecule has 5 nitrogen and oxygen atoms in total. The number of aromatic nitrogens is 1. The predicted molar refractivity (Wildman–Crippen MR) is 96.1 cm³/mol. The van der Waals surface area contributed by atoms with Crippen molar-refractivity contribution in [1.29, 1.82) is 0 Å². The van der Waals surface area contributed by atoms with Crippen LogP contribution in [0.1, 0.15) is 16.1 Å². The molecule has 0 fully saturated rings. The van der Waals surface area contributed by atoms with Crippen LogP contribution in [0.15, 0.2) is 53.1 Å². The van der Waals surface area contributed by atoms with Crippen molar-refractivity contribution in [2.75, 3.05) is 7.11 Å². The van der Waals surface area contributed by atoms with Gasteiger partial charge in [0.05, 0.1) is 13.7 Å². The van der Waals surface area contributed by atoms with Crippen LogP contribution in [0.2, 0.25) is 10.0 Å². The number of rotatable bonds is 5. The smallest absolute Gasteiger partial charge is 0.251 e. The molecule has 0 saturated heterocycles. The molecule has 0 aliphatic rings. The van der Waals surface area contributed by atoms with Crippen molar-refractivity contribution in [2.45, 2.75) is 6.54 Å². The second-order valence-electron chi connectivity index (χ2n) is 5.26. The number of carbonyl (C=O) groups is 1. The lowest BCUT2D eigenvalue weighted by molar-refractivity contribution is 0.0950. The van der Waals surface area contributed by atoms with Gasteiger partial charge in [-0.15, -0.1) is 0 Å². The summed E-state index contributed by atoms with van der Waals surface area (Å²) in [6, 6.07) is 13.9. The van der Waals surface area contributed by atoms with E-state index in [0.717, 1.165) is 11.3 Å². The molecule has 128 valence electrons. The third-order valence-electron chi connectivity index (χ3n) is 3.47. The van der Waals surface area contributed by atoms with E-state index in [2.05, 4.69) is 10.5 Å². The molecule has 3 aromatic rings. The minimum Gasteiger partial charge on any atom is -0.497 e. The molecule has 1 amide bonds. The summed E-state index contributed by atoms with van der Waals surface area (Å²) >= 11 is 11.8. The van der Waals surface area contributed by atoms with Crippen molar-refractivity contribution < 1.29 is 14.1 Å². The Morgan fingerprint density at radius 3 is 2.64 bits per heavy atom. The van der Waals surface area contributed by atoms with Gasteiger partial charge in [-0.2, -0.15) is 0 Å². The van der Waals surface area contributed by atoms with E-state index in [1.807, 2.05) is 24.3 Å². The van der Waals surface area contributed by atoms with Crippen molar-refractivity contribution in [1.82, 2.24) is 10.5 Å². The molecule has 25 heavy (non-hydrogen) atoms. The zero-order valence-corrected chi connectivity index (χ0v) is 14.8. The molecule has 2 aromatic carbocycles. The Kier molecular flexibility index (Phi) is 5.26. The van der Waals surface area contributed by atoms with Crippen molar-refractivity contribution >= 4 is 29.1 Å². The molecule has 0 unspecified atom stereocenters. The van der Waals surface area contributed by atoms with Gasteiger partial charge in [0.1, 0.15) is 11.4 Å². The fourth-order valence-electron chi connectivity index (χ4n) is 2.27. The lowest BCUT2D eigenvalue weighted by Gasteiger charge is -2.04. The average Bonchev–Trinajstić information content (AvgIpc) is 3.08. The maximum Gasteiger partial charge on any atom is 0.251 e. The molecule has 0 saturated carbocycles. The molecule has 1 heterocycles. The van der Waals surface area contributed by atoms with Crippen LogP contribution in [-0.2, 0) is 6.54 Å². The molecule has 0 bridgehead atoms. The van der Waals surface area contributed by atoms with Crippen LogP contribution in [-0.4, -0.2) is 18.2 Å². The molecule has 0 spiro atoms. The van der Waals surface area contributed by atoms with Crippen molar-refractivity contribution in [3.63, 3.8) is 0 Å². The molecule has 3 rings (SSSR count). The molecule has 1 N–H and O–H groups in total. The predicted octanol–water partition coefficient (Wildman–Crippen LogP) is 4.59. The molecular formula is C18H14Cl2N2O3. The second kappa shape index (κ2) is 7.59. The van der Waals surface area contributed by atoms with Gasteiger partial charge in [0.15, 0.2) is 5.76 Å². The first-order valence-corrected chi connectivity index (χ1v) is 8.15. The van der Waals surface area contributed by atoms with Crippen molar-refractivity contribution in [3.05, 3.63) is 69.8 Å². The van der Waals surface area contributed by atoms with Gasteiger partial charge >= 0.3 is 0 Å². The summed E-state index contributed by atoms with van der Waals surface area (Å²) < 4.78 is 10.5. The first kappa shape index (κ1) is 17.3. The molecule has 0 radical (unpaired) electrons. The molecule has 0 atom stereocenters. The summed E-state index contributed by atoms with van der Waals surface area (Å²) in [6.45, 7) is 0.219. The maximum absolute atomic E-state index is 12.2. The number of benzene rings is 2. The number of ether oxygens (including phenoxy) is 1. The maximum atomic E-state index is 12.2. The van der Waals surface area contributed by atoms with E-state index in [9.17, 15) is 4.79 Å². The summed E-state index contributed by atoms with van der Waals surface area (Å²) in [5.74, 6) is 1.02. The van der Waals surface area contributed by atoms with E-state index in [-0.39, 0.29) is 12.5 Å². The van der Waals surface area contributed by atoms with Gasteiger partial charge in [0, 0.05) is 27.2 Å². The van der Waals surface area contributed by atoms with E-state index in [0.29, 0.717) is 27.1 Å². The van der Waals surface area contributed by atoms with Crippen LogP contribution < -0.4 is 10.1 Å². The third-order valence-corrected chi connectivity index (χ3v) is 3.90. The SMILES string of the molecule is COc1cccc(-c2cc(CNC(=O)c3cc(Cl)cc(Cl)c3)no2)c1. The van der Waals surface area contributed by atoms with Gasteiger partial charge in [0.2, 0.25) is 0 Å². The first-order chi connectivity index (χ1) is 12.0. The fraction of sp³-hybridized carbons (Fsp3) is 0.111. The highest BCUT2D eigenvalue weighted by Crippen LogP contribution is 2.24. The van der Waals surface area contributed by atoms with E-state index < -0.39 is 0 Å². The van der Waals surface area contributed by atoms with E-state index in [1.165, 1.54) is 0 Å².